The lowest BCUT2D eigenvalue weighted by Crippen LogP contribution is -2.59. The van der Waals surface area contributed by atoms with Crippen LogP contribution in [0.25, 0.3) is 10.8 Å². The van der Waals surface area contributed by atoms with Crippen molar-refractivity contribution in [3.8, 4) is 0 Å². The standard InChI is InChI=1S/C35H45N3O5/c1-7-17-36(18-8-2)31(40)28-29-32(41)38(26(10-4)22-39)30(35(29)21-23(5)34(28,6)43-35)33(42)37(19-9-3)27-16-15-24-13-11-12-14-25(24)20-27/h7,9,11-16,20,23,26,28-30,39H,1,3,8,10,17-19,21-22H2,2,4-6H3/t23?,26-,28+,29-,30?,34-,35?/m0/s1. The lowest BCUT2D eigenvalue weighted by molar-refractivity contribution is -0.153. The Hall–Kier alpha value is -3.49. The van der Waals surface area contributed by atoms with E-state index in [1.807, 2.05) is 70.2 Å². The van der Waals surface area contributed by atoms with Gasteiger partial charge in [-0.1, -0.05) is 63.3 Å². The second-order valence-electron chi connectivity index (χ2n) is 12.5. The maximum absolute atomic E-state index is 14.9. The normalized spacial score (nSPS) is 29.9. The predicted octanol–water partition coefficient (Wildman–Crippen LogP) is 4.57. The summed E-state index contributed by atoms with van der Waals surface area (Å²) in [5, 5.41) is 12.5. The number of carbonyl (C=O) groups excluding carboxylic acids is 3. The van der Waals surface area contributed by atoms with Gasteiger partial charge in [-0.3, -0.25) is 14.4 Å². The number of amides is 3. The van der Waals surface area contributed by atoms with Crippen LogP contribution in [-0.4, -0.2) is 82.2 Å². The summed E-state index contributed by atoms with van der Waals surface area (Å²) < 4.78 is 6.94. The van der Waals surface area contributed by atoms with Crippen LogP contribution in [0.2, 0.25) is 0 Å². The van der Waals surface area contributed by atoms with E-state index in [2.05, 4.69) is 13.2 Å². The van der Waals surface area contributed by atoms with Gasteiger partial charge in [0.25, 0.3) is 5.91 Å². The molecule has 3 heterocycles. The molecule has 2 aromatic rings. The maximum atomic E-state index is 14.9. The fourth-order valence-electron chi connectivity index (χ4n) is 8.00. The number of carbonyl (C=O) groups is 3. The molecule has 3 amide bonds. The van der Waals surface area contributed by atoms with E-state index in [4.69, 9.17) is 4.74 Å². The number of fused-ring (bicyclic) bond motifs is 2. The Morgan fingerprint density at radius 1 is 1.12 bits per heavy atom. The zero-order valence-corrected chi connectivity index (χ0v) is 25.9. The summed E-state index contributed by atoms with van der Waals surface area (Å²) in [5.74, 6) is -2.38. The number of hydrogen-bond acceptors (Lipinski definition) is 5. The van der Waals surface area contributed by atoms with Gasteiger partial charge in [-0.15, -0.1) is 13.2 Å². The van der Waals surface area contributed by atoms with E-state index in [0.717, 1.165) is 17.2 Å². The zero-order valence-electron chi connectivity index (χ0n) is 25.9. The van der Waals surface area contributed by atoms with Crippen molar-refractivity contribution in [1.29, 1.82) is 0 Å². The average molecular weight is 588 g/mol. The molecule has 1 N–H and O–H groups in total. The Morgan fingerprint density at radius 3 is 2.44 bits per heavy atom. The van der Waals surface area contributed by atoms with Gasteiger partial charge in [0.2, 0.25) is 11.8 Å². The van der Waals surface area contributed by atoms with Gasteiger partial charge in [-0.25, -0.2) is 0 Å². The van der Waals surface area contributed by atoms with Gasteiger partial charge >= 0.3 is 0 Å². The van der Waals surface area contributed by atoms with Gasteiger partial charge in [0.05, 0.1) is 30.1 Å². The van der Waals surface area contributed by atoms with Crippen LogP contribution in [0.5, 0.6) is 0 Å². The molecule has 3 unspecified atom stereocenters. The Kier molecular flexibility index (Phi) is 8.56. The fourth-order valence-corrected chi connectivity index (χ4v) is 8.00. The Balaban J connectivity index is 1.64. The van der Waals surface area contributed by atoms with E-state index in [1.54, 1.807) is 26.9 Å². The smallest absolute Gasteiger partial charge is 0.253 e. The molecule has 2 bridgehead atoms. The molecule has 7 atom stereocenters. The van der Waals surface area contributed by atoms with Crippen molar-refractivity contribution in [2.75, 3.05) is 31.1 Å². The van der Waals surface area contributed by atoms with Crippen molar-refractivity contribution in [2.24, 2.45) is 17.8 Å². The van der Waals surface area contributed by atoms with Gasteiger partial charge in [-0.05, 0) is 55.0 Å². The molecular weight excluding hydrogens is 542 g/mol. The van der Waals surface area contributed by atoms with E-state index in [0.29, 0.717) is 31.6 Å². The molecule has 8 nitrogen and oxygen atoms in total. The number of likely N-dealkylation sites (tertiary alicyclic amines) is 1. The van der Waals surface area contributed by atoms with Crippen LogP contribution in [0.1, 0.15) is 47.0 Å². The molecule has 0 saturated carbocycles. The predicted molar refractivity (Wildman–Crippen MR) is 168 cm³/mol. The minimum atomic E-state index is -1.20. The number of nitrogens with zero attached hydrogens (tertiary/aromatic N) is 3. The molecule has 0 aliphatic carbocycles. The highest BCUT2D eigenvalue weighted by molar-refractivity contribution is 6.06. The van der Waals surface area contributed by atoms with Crippen molar-refractivity contribution >= 4 is 34.2 Å². The summed E-state index contributed by atoms with van der Waals surface area (Å²) in [6, 6.07) is 12.2. The highest BCUT2D eigenvalue weighted by Crippen LogP contribution is 2.66. The highest BCUT2D eigenvalue weighted by atomic mass is 16.5. The van der Waals surface area contributed by atoms with Gasteiger partial charge in [0.15, 0.2) is 0 Å². The molecule has 230 valence electrons. The summed E-state index contributed by atoms with van der Waals surface area (Å²) in [7, 11) is 0. The second kappa shape index (κ2) is 11.9. The molecule has 3 aliphatic rings. The number of aliphatic hydroxyl groups is 1. The number of aliphatic hydroxyl groups excluding tert-OH is 1. The number of benzene rings is 2. The maximum Gasteiger partial charge on any atom is 0.253 e. The molecule has 43 heavy (non-hydrogen) atoms. The number of hydrogen-bond donors (Lipinski definition) is 1. The lowest BCUT2D eigenvalue weighted by Gasteiger charge is -2.39. The van der Waals surface area contributed by atoms with Crippen LogP contribution < -0.4 is 4.90 Å². The molecule has 3 saturated heterocycles. The van der Waals surface area contributed by atoms with E-state index < -0.39 is 35.1 Å². The monoisotopic (exact) mass is 587 g/mol. The van der Waals surface area contributed by atoms with Gasteiger partial charge in [0.1, 0.15) is 11.6 Å². The molecule has 1 spiro atoms. The summed E-state index contributed by atoms with van der Waals surface area (Å²) >= 11 is 0. The first-order valence-corrected chi connectivity index (χ1v) is 15.6. The largest absolute Gasteiger partial charge is 0.394 e. The summed E-state index contributed by atoms with van der Waals surface area (Å²) in [6.07, 6.45) is 5.06. The third kappa shape index (κ3) is 4.70. The lowest BCUT2D eigenvalue weighted by atomic mass is 9.62. The van der Waals surface area contributed by atoms with Gasteiger partial charge in [-0.2, -0.15) is 0 Å². The topological polar surface area (TPSA) is 90.4 Å². The number of ether oxygens (including phenoxy) is 1. The van der Waals surface area contributed by atoms with Crippen LogP contribution in [0.4, 0.5) is 5.69 Å². The van der Waals surface area contributed by atoms with Crippen molar-refractivity contribution < 1.29 is 24.2 Å². The minimum absolute atomic E-state index is 0.0734. The third-order valence-corrected chi connectivity index (χ3v) is 10.1. The van der Waals surface area contributed by atoms with Gasteiger partial charge in [0, 0.05) is 25.3 Å². The fraction of sp³-hybridized carbons (Fsp3) is 0.514. The van der Waals surface area contributed by atoms with Crippen molar-refractivity contribution in [3.63, 3.8) is 0 Å². The van der Waals surface area contributed by atoms with Crippen LogP contribution in [-0.2, 0) is 19.1 Å². The molecule has 2 aromatic carbocycles. The quantitative estimate of drug-likeness (QED) is 0.368. The summed E-state index contributed by atoms with van der Waals surface area (Å²) in [5.41, 5.74) is -1.43. The molecule has 3 aliphatic heterocycles. The second-order valence-corrected chi connectivity index (χ2v) is 12.5. The minimum Gasteiger partial charge on any atom is -0.394 e. The Labute approximate surface area is 255 Å². The summed E-state index contributed by atoms with van der Waals surface area (Å²) in [6.45, 7) is 16.5. The van der Waals surface area contributed by atoms with E-state index >= 15 is 0 Å². The van der Waals surface area contributed by atoms with E-state index in [-0.39, 0.29) is 36.8 Å². The van der Waals surface area contributed by atoms with E-state index in [9.17, 15) is 19.5 Å². The van der Waals surface area contributed by atoms with Crippen molar-refractivity contribution in [3.05, 3.63) is 67.8 Å². The van der Waals surface area contributed by atoms with E-state index in [1.165, 1.54) is 0 Å². The first-order valence-electron chi connectivity index (χ1n) is 15.6. The third-order valence-electron chi connectivity index (χ3n) is 10.1. The van der Waals surface area contributed by atoms with Crippen LogP contribution in [0.3, 0.4) is 0 Å². The van der Waals surface area contributed by atoms with Gasteiger partial charge < -0.3 is 24.5 Å². The Bertz CT molecular complexity index is 1420. The van der Waals surface area contributed by atoms with Crippen LogP contribution in [0.15, 0.2) is 67.8 Å². The average Bonchev–Trinajstić information content (AvgIpc) is 3.52. The van der Waals surface area contributed by atoms with Crippen molar-refractivity contribution in [2.45, 2.75) is 70.2 Å². The first-order chi connectivity index (χ1) is 20.6. The molecule has 5 rings (SSSR count). The van der Waals surface area contributed by atoms with Crippen molar-refractivity contribution in [1.82, 2.24) is 9.80 Å². The molecule has 3 fully saturated rings. The molecule has 0 aromatic heterocycles. The SMILES string of the molecule is C=CCN(CCC)C(=O)[C@H]1[C@H]2C(=O)N([C@@H](CC)CO)C(C(=O)N(CC=C)c3ccc4ccccc4c3)C23CC(C)[C@]1(C)O3. The molecular formula is C35H45N3O5. The molecule has 0 radical (unpaired) electrons. The first kappa shape index (κ1) is 31.0. The number of rotatable bonds is 12. The highest BCUT2D eigenvalue weighted by Gasteiger charge is 2.80. The summed E-state index contributed by atoms with van der Waals surface area (Å²) in [4.78, 5) is 48.8. The molecule has 8 heteroatoms. The number of anilines is 1. The zero-order chi connectivity index (χ0) is 31.1. The van der Waals surface area contributed by atoms with Crippen LogP contribution in [0, 0.1) is 17.8 Å². The Morgan fingerprint density at radius 2 is 1.81 bits per heavy atom. The van der Waals surface area contributed by atoms with Crippen LogP contribution >= 0.6 is 0 Å².